The number of carbonyl (C=O) groups excluding carboxylic acids is 2. The van der Waals surface area contributed by atoms with Crippen molar-refractivity contribution >= 4 is 39.3 Å². The van der Waals surface area contributed by atoms with E-state index < -0.39 is 11.4 Å². The molecule has 1 aromatic carbocycles. The number of nitrogen functional groups attached to an aromatic ring is 1. The SMILES string of the molecule is CCOC(=O)c1sc2nc(COC(=O)C3(c4ccc(F)cc4)CCCC3)nc(N)c2c1C. The molecular weight excluding hydrogens is 433 g/mol. The summed E-state index contributed by atoms with van der Waals surface area (Å²) in [5, 5.41) is 0.603. The molecule has 32 heavy (non-hydrogen) atoms. The van der Waals surface area contributed by atoms with Crippen molar-refractivity contribution in [2.24, 2.45) is 0 Å². The number of aryl methyl sites for hydroxylation is 1. The Morgan fingerprint density at radius 2 is 1.84 bits per heavy atom. The molecule has 0 unspecified atom stereocenters. The molecule has 0 radical (unpaired) electrons. The average Bonchev–Trinajstić information content (AvgIpc) is 3.39. The first-order chi connectivity index (χ1) is 15.4. The van der Waals surface area contributed by atoms with Crippen LogP contribution in [0.5, 0.6) is 0 Å². The largest absolute Gasteiger partial charge is 0.462 e. The third-order valence-corrected chi connectivity index (χ3v) is 7.07. The van der Waals surface area contributed by atoms with Crippen LogP contribution in [0.15, 0.2) is 24.3 Å². The van der Waals surface area contributed by atoms with Crippen molar-refractivity contribution in [1.29, 1.82) is 0 Å². The van der Waals surface area contributed by atoms with Gasteiger partial charge in [0.05, 0.1) is 17.4 Å². The Kier molecular flexibility index (Phi) is 6.10. The highest BCUT2D eigenvalue weighted by Crippen LogP contribution is 2.42. The van der Waals surface area contributed by atoms with Crippen molar-refractivity contribution in [2.75, 3.05) is 12.3 Å². The molecule has 1 aliphatic rings. The van der Waals surface area contributed by atoms with Crippen molar-refractivity contribution in [2.45, 2.75) is 51.6 Å². The fourth-order valence-corrected chi connectivity index (χ4v) is 5.40. The number of nitrogens with zero attached hydrogens (tertiary/aromatic N) is 2. The third kappa shape index (κ3) is 3.92. The number of esters is 2. The summed E-state index contributed by atoms with van der Waals surface area (Å²) >= 11 is 1.18. The van der Waals surface area contributed by atoms with Crippen LogP contribution in [0.4, 0.5) is 10.2 Å². The lowest BCUT2D eigenvalue weighted by Crippen LogP contribution is -2.34. The monoisotopic (exact) mass is 457 g/mol. The van der Waals surface area contributed by atoms with Crippen LogP contribution in [-0.4, -0.2) is 28.5 Å². The van der Waals surface area contributed by atoms with E-state index in [9.17, 15) is 14.0 Å². The number of fused-ring (bicyclic) bond motifs is 1. The number of anilines is 1. The average molecular weight is 458 g/mol. The van der Waals surface area contributed by atoms with Gasteiger partial charge in [-0.1, -0.05) is 25.0 Å². The molecule has 0 saturated heterocycles. The van der Waals surface area contributed by atoms with Gasteiger partial charge in [-0.2, -0.15) is 0 Å². The van der Waals surface area contributed by atoms with Crippen LogP contribution in [-0.2, 0) is 26.3 Å². The predicted molar refractivity (Wildman–Crippen MR) is 119 cm³/mol. The van der Waals surface area contributed by atoms with Crippen LogP contribution >= 0.6 is 11.3 Å². The van der Waals surface area contributed by atoms with Gasteiger partial charge in [0, 0.05) is 0 Å². The van der Waals surface area contributed by atoms with E-state index in [0.29, 0.717) is 33.5 Å². The summed E-state index contributed by atoms with van der Waals surface area (Å²) in [7, 11) is 0. The van der Waals surface area contributed by atoms with Crippen molar-refractivity contribution < 1.29 is 23.5 Å². The van der Waals surface area contributed by atoms with Crippen molar-refractivity contribution in [3.63, 3.8) is 0 Å². The van der Waals surface area contributed by atoms with Gasteiger partial charge in [0.25, 0.3) is 0 Å². The minimum atomic E-state index is -0.792. The molecule has 0 atom stereocenters. The third-order valence-electron chi connectivity index (χ3n) is 5.90. The van der Waals surface area contributed by atoms with Gasteiger partial charge in [-0.25, -0.2) is 19.2 Å². The van der Waals surface area contributed by atoms with E-state index in [0.717, 1.165) is 18.4 Å². The summed E-state index contributed by atoms with van der Waals surface area (Å²) in [5.74, 6) is -0.672. The first-order valence-corrected chi connectivity index (χ1v) is 11.3. The molecule has 1 aliphatic carbocycles. The lowest BCUT2D eigenvalue weighted by molar-refractivity contribution is -0.152. The molecule has 0 aliphatic heterocycles. The number of carbonyl (C=O) groups is 2. The Hall–Kier alpha value is -3.07. The van der Waals surface area contributed by atoms with Gasteiger partial charge in [-0.05, 0) is 49.9 Å². The maximum atomic E-state index is 13.4. The lowest BCUT2D eigenvalue weighted by Gasteiger charge is -2.27. The first kappa shape index (κ1) is 22.1. The van der Waals surface area contributed by atoms with E-state index in [1.165, 1.54) is 23.5 Å². The highest BCUT2D eigenvalue weighted by molar-refractivity contribution is 7.20. The summed E-state index contributed by atoms with van der Waals surface area (Å²) in [4.78, 5) is 35.0. The summed E-state index contributed by atoms with van der Waals surface area (Å²) in [6.45, 7) is 3.64. The number of hydrogen-bond donors (Lipinski definition) is 1. The van der Waals surface area contributed by atoms with Crippen LogP contribution in [0, 0.1) is 12.7 Å². The zero-order chi connectivity index (χ0) is 22.9. The Balaban J connectivity index is 1.57. The summed E-state index contributed by atoms with van der Waals surface area (Å²) in [6.07, 6.45) is 3.08. The van der Waals surface area contributed by atoms with E-state index in [1.807, 2.05) is 0 Å². The van der Waals surface area contributed by atoms with Gasteiger partial charge < -0.3 is 15.2 Å². The molecule has 3 aromatic rings. The quantitative estimate of drug-likeness (QED) is 0.545. The molecule has 168 valence electrons. The Labute approximate surface area is 188 Å². The summed E-state index contributed by atoms with van der Waals surface area (Å²) in [6, 6.07) is 6.02. The van der Waals surface area contributed by atoms with Crippen LogP contribution in [0.1, 0.15) is 59.2 Å². The smallest absolute Gasteiger partial charge is 0.348 e. The van der Waals surface area contributed by atoms with E-state index in [4.69, 9.17) is 15.2 Å². The van der Waals surface area contributed by atoms with Gasteiger partial charge in [-0.3, -0.25) is 4.79 Å². The van der Waals surface area contributed by atoms with E-state index in [-0.39, 0.29) is 36.6 Å². The predicted octanol–water partition coefficient (Wildman–Crippen LogP) is 4.45. The van der Waals surface area contributed by atoms with Gasteiger partial charge in [-0.15, -0.1) is 11.3 Å². The number of ether oxygens (including phenoxy) is 2. The molecule has 0 amide bonds. The number of halogens is 1. The molecule has 9 heteroatoms. The van der Waals surface area contributed by atoms with Gasteiger partial charge in [0.1, 0.15) is 21.3 Å². The molecule has 2 heterocycles. The highest BCUT2D eigenvalue weighted by atomic mass is 32.1. The Bertz CT molecular complexity index is 1170. The van der Waals surface area contributed by atoms with Crippen molar-refractivity contribution in [3.05, 3.63) is 51.9 Å². The molecule has 0 bridgehead atoms. The number of thiophene rings is 1. The second kappa shape index (κ2) is 8.82. The van der Waals surface area contributed by atoms with Crippen LogP contribution < -0.4 is 5.73 Å². The van der Waals surface area contributed by atoms with Crippen molar-refractivity contribution in [1.82, 2.24) is 9.97 Å². The Morgan fingerprint density at radius 3 is 2.50 bits per heavy atom. The number of rotatable bonds is 6. The van der Waals surface area contributed by atoms with Gasteiger partial charge in [0.2, 0.25) is 0 Å². The van der Waals surface area contributed by atoms with E-state index in [2.05, 4.69) is 9.97 Å². The minimum absolute atomic E-state index is 0.145. The van der Waals surface area contributed by atoms with Crippen LogP contribution in [0.3, 0.4) is 0 Å². The van der Waals surface area contributed by atoms with Gasteiger partial charge >= 0.3 is 11.9 Å². The molecular formula is C23H24FN3O4S. The molecule has 2 aromatic heterocycles. The molecule has 7 nitrogen and oxygen atoms in total. The molecule has 1 fully saturated rings. The van der Waals surface area contributed by atoms with Crippen molar-refractivity contribution in [3.8, 4) is 0 Å². The van der Waals surface area contributed by atoms with Gasteiger partial charge in [0.15, 0.2) is 12.4 Å². The second-order valence-corrected chi connectivity index (χ2v) is 8.85. The normalized spacial score (nSPS) is 15.1. The number of hydrogen-bond acceptors (Lipinski definition) is 8. The molecule has 2 N–H and O–H groups in total. The maximum Gasteiger partial charge on any atom is 0.348 e. The zero-order valence-corrected chi connectivity index (χ0v) is 18.8. The number of aromatic nitrogens is 2. The first-order valence-electron chi connectivity index (χ1n) is 10.5. The molecule has 0 spiro atoms. The fourth-order valence-electron chi connectivity index (χ4n) is 4.30. The molecule has 1 saturated carbocycles. The topological polar surface area (TPSA) is 104 Å². The van der Waals surface area contributed by atoms with E-state index in [1.54, 1.807) is 26.0 Å². The maximum absolute atomic E-state index is 13.4. The minimum Gasteiger partial charge on any atom is -0.462 e. The van der Waals surface area contributed by atoms with Crippen LogP contribution in [0.2, 0.25) is 0 Å². The molecule has 4 rings (SSSR count). The van der Waals surface area contributed by atoms with Crippen LogP contribution in [0.25, 0.3) is 10.2 Å². The highest BCUT2D eigenvalue weighted by Gasteiger charge is 2.44. The number of benzene rings is 1. The summed E-state index contributed by atoms with van der Waals surface area (Å²) < 4.78 is 24.1. The standard InChI is InChI=1S/C23H24FN3O4S/c1-3-30-21(28)18-13(2)17-19(25)26-16(27-20(17)32-18)12-31-22(29)23(10-4-5-11-23)14-6-8-15(24)9-7-14/h6-9H,3-5,10-12H2,1-2H3,(H2,25,26,27). The lowest BCUT2D eigenvalue weighted by atomic mass is 9.79. The zero-order valence-electron chi connectivity index (χ0n) is 17.9. The fraction of sp³-hybridized carbons (Fsp3) is 0.391. The number of nitrogens with two attached hydrogens (primary N) is 1. The second-order valence-electron chi connectivity index (χ2n) is 7.85. The summed E-state index contributed by atoms with van der Waals surface area (Å²) in [5.41, 5.74) is 6.77. The Morgan fingerprint density at radius 1 is 1.16 bits per heavy atom. The van der Waals surface area contributed by atoms with E-state index >= 15 is 0 Å².